The van der Waals surface area contributed by atoms with E-state index in [-0.39, 0.29) is 23.7 Å². The lowest BCUT2D eigenvalue weighted by Crippen LogP contribution is -2.51. The summed E-state index contributed by atoms with van der Waals surface area (Å²) in [7, 11) is 1.63. The lowest BCUT2D eigenvalue weighted by molar-refractivity contribution is -0.230. The van der Waals surface area contributed by atoms with Crippen molar-refractivity contribution >= 4 is 5.78 Å². The molecule has 0 aromatic rings. The van der Waals surface area contributed by atoms with Gasteiger partial charge in [0.2, 0.25) is 0 Å². The maximum absolute atomic E-state index is 12.3. The predicted octanol–water partition coefficient (Wildman–Crippen LogP) is 3.15. The summed E-state index contributed by atoms with van der Waals surface area (Å²) in [5, 5.41) is 19.9. The monoisotopic (exact) mass is 350 g/mol. The molecular formula is C21H34O4. The quantitative estimate of drug-likeness (QED) is 0.767. The van der Waals surface area contributed by atoms with Gasteiger partial charge >= 0.3 is 0 Å². The Labute approximate surface area is 151 Å². The van der Waals surface area contributed by atoms with Gasteiger partial charge in [0.15, 0.2) is 11.6 Å². The van der Waals surface area contributed by atoms with Gasteiger partial charge in [-0.25, -0.2) is 0 Å². The van der Waals surface area contributed by atoms with Crippen molar-refractivity contribution in [3.8, 4) is 0 Å². The highest BCUT2D eigenvalue weighted by atomic mass is 16.6. The number of rotatable bonds is 3. The molecule has 8 atom stereocenters. The molecule has 0 saturated heterocycles. The summed E-state index contributed by atoms with van der Waals surface area (Å²) < 4.78 is 5.40. The van der Waals surface area contributed by atoms with Crippen molar-refractivity contribution < 1.29 is 19.7 Å². The maximum atomic E-state index is 12.3. The fourth-order valence-electron chi connectivity index (χ4n) is 7.67. The van der Waals surface area contributed by atoms with Crippen molar-refractivity contribution in [3.63, 3.8) is 0 Å². The molecule has 0 heterocycles. The van der Waals surface area contributed by atoms with E-state index in [4.69, 9.17) is 4.74 Å². The topological polar surface area (TPSA) is 66.8 Å². The average molecular weight is 350 g/mol. The molecule has 142 valence electrons. The Bertz CT molecular complexity index is 534. The number of carbonyl (C=O) groups is 1. The van der Waals surface area contributed by atoms with Crippen molar-refractivity contribution in [3.05, 3.63) is 0 Å². The minimum atomic E-state index is -0.900. The van der Waals surface area contributed by atoms with Crippen LogP contribution in [0.1, 0.15) is 64.7 Å². The van der Waals surface area contributed by atoms with Gasteiger partial charge in [0.05, 0.1) is 0 Å². The molecule has 25 heavy (non-hydrogen) atoms. The highest BCUT2D eigenvalue weighted by molar-refractivity contribution is 5.83. The number of carbonyl (C=O) groups excluding carboxylic acids is 1. The predicted molar refractivity (Wildman–Crippen MR) is 94.7 cm³/mol. The second-order valence-corrected chi connectivity index (χ2v) is 9.63. The molecule has 0 amide bonds. The zero-order chi connectivity index (χ0) is 17.8. The number of methoxy groups -OCH3 is 1. The third-order valence-corrected chi connectivity index (χ3v) is 8.89. The summed E-state index contributed by atoms with van der Waals surface area (Å²) in [5.41, 5.74) is 0.107. The molecule has 4 fully saturated rings. The van der Waals surface area contributed by atoms with Crippen LogP contribution in [0.4, 0.5) is 0 Å². The molecule has 4 heteroatoms. The summed E-state index contributed by atoms with van der Waals surface area (Å²) in [5.74, 6) is 2.73. The zero-order valence-corrected chi connectivity index (χ0v) is 15.7. The Morgan fingerprint density at radius 1 is 1.04 bits per heavy atom. The largest absolute Gasteiger partial charge is 0.389 e. The minimum Gasteiger partial charge on any atom is -0.389 e. The number of hydrogen-bond donors (Lipinski definition) is 2. The molecule has 0 aromatic heterocycles. The third kappa shape index (κ3) is 2.71. The number of aliphatic hydroxyl groups excluding tert-OH is 1. The Kier molecular flexibility index (Phi) is 4.53. The molecule has 0 radical (unpaired) electrons. The maximum Gasteiger partial charge on any atom is 0.165 e. The van der Waals surface area contributed by atoms with E-state index < -0.39 is 5.79 Å². The van der Waals surface area contributed by atoms with E-state index in [1.54, 1.807) is 7.11 Å². The van der Waals surface area contributed by atoms with Crippen LogP contribution >= 0.6 is 0 Å². The van der Waals surface area contributed by atoms with E-state index in [0.717, 1.165) is 56.3 Å². The number of ketones is 1. The second-order valence-electron chi connectivity index (χ2n) is 9.63. The van der Waals surface area contributed by atoms with Crippen molar-refractivity contribution in [2.75, 3.05) is 13.7 Å². The van der Waals surface area contributed by atoms with Crippen molar-refractivity contribution in [2.24, 2.45) is 40.9 Å². The Morgan fingerprint density at radius 3 is 2.52 bits per heavy atom. The normalized spacial score (nSPS) is 52.2. The van der Waals surface area contributed by atoms with Crippen molar-refractivity contribution in [1.82, 2.24) is 0 Å². The number of Topliss-reactive ketones (excluding diaryl/α,β-unsaturated/α-hetero) is 1. The molecule has 4 nitrogen and oxygen atoms in total. The lowest BCUT2D eigenvalue weighted by atomic mass is 9.49. The highest BCUT2D eigenvalue weighted by Crippen LogP contribution is 2.64. The van der Waals surface area contributed by atoms with Crippen molar-refractivity contribution in [2.45, 2.75) is 70.5 Å². The van der Waals surface area contributed by atoms with Crippen LogP contribution in [0.5, 0.6) is 0 Å². The molecule has 4 rings (SSSR count). The number of aliphatic hydroxyl groups is 2. The molecule has 4 aliphatic rings. The summed E-state index contributed by atoms with van der Waals surface area (Å²) in [6.07, 6.45) is 9.57. The van der Waals surface area contributed by atoms with Crippen LogP contribution in [0.3, 0.4) is 0 Å². The van der Waals surface area contributed by atoms with E-state index in [2.05, 4.69) is 6.92 Å². The van der Waals surface area contributed by atoms with Crippen LogP contribution < -0.4 is 0 Å². The fourth-order valence-corrected chi connectivity index (χ4v) is 7.67. The smallest absolute Gasteiger partial charge is 0.165 e. The molecule has 0 aliphatic heterocycles. The van der Waals surface area contributed by atoms with Gasteiger partial charge in [-0.2, -0.15) is 0 Å². The van der Waals surface area contributed by atoms with Crippen LogP contribution in [0.15, 0.2) is 0 Å². The summed E-state index contributed by atoms with van der Waals surface area (Å²) >= 11 is 0. The Balaban J connectivity index is 1.52. The Hall–Kier alpha value is -0.450. The first kappa shape index (κ1) is 17.9. The van der Waals surface area contributed by atoms with Crippen LogP contribution in [-0.4, -0.2) is 35.5 Å². The fraction of sp³-hybridized carbons (Fsp3) is 0.952. The van der Waals surface area contributed by atoms with Crippen LogP contribution in [-0.2, 0) is 9.53 Å². The molecule has 0 bridgehead atoms. The molecular weight excluding hydrogens is 316 g/mol. The minimum absolute atomic E-state index is 0.0694. The van der Waals surface area contributed by atoms with Gasteiger partial charge in [-0.3, -0.25) is 4.79 Å². The average Bonchev–Trinajstić information content (AvgIpc) is 2.98. The van der Waals surface area contributed by atoms with E-state index in [0.29, 0.717) is 11.8 Å². The van der Waals surface area contributed by atoms with Gasteiger partial charge in [-0.05, 0) is 80.0 Å². The summed E-state index contributed by atoms with van der Waals surface area (Å²) in [6.45, 7) is 2.04. The van der Waals surface area contributed by atoms with E-state index in [1.807, 2.05) is 0 Å². The molecule has 0 aromatic carbocycles. The molecule has 1 unspecified atom stereocenters. The van der Waals surface area contributed by atoms with Crippen LogP contribution in [0, 0.1) is 40.9 Å². The van der Waals surface area contributed by atoms with Crippen LogP contribution in [0.2, 0.25) is 0 Å². The van der Waals surface area contributed by atoms with Gasteiger partial charge in [0.1, 0.15) is 6.61 Å². The first-order valence-electron chi connectivity index (χ1n) is 10.3. The zero-order valence-electron chi connectivity index (χ0n) is 15.7. The molecule has 4 aliphatic carbocycles. The van der Waals surface area contributed by atoms with Gasteiger partial charge in [0.25, 0.3) is 0 Å². The standard InChI is InChI=1S/C21H34O4/c1-20-9-7-15-14-8-10-21(24,25-2)11-13(14)3-4-16(15)17(20)5-6-18(20)19(23)12-22/h13-18,22,24H,3-12H2,1-2H3/t13-,14-,15+,16?,17-,18+,20-,21-/m0/s1. The van der Waals surface area contributed by atoms with E-state index in [1.165, 1.54) is 19.3 Å². The summed E-state index contributed by atoms with van der Waals surface area (Å²) in [6, 6.07) is 0. The van der Waals surface area contributed by atoms with Crippen molar-refractivity contribution in [1.29, 1.82) is 0 Å². The third-order valence-electron chi connectivity index (χ3n) is 8.89. The number of ether oxygens (including phenoxy) is 1. The van der Waals surface area contributed by atoms with Gasteiger partial charge in [-0.1, -0.05) is 6.92 Å². The van der Waals surface area contributed by atoms with Gasteiger partial charge in [-0.15, -0.1) is 0 Å². The number of hydrogen-bond acceptors (Lipinski definition) is 4. The van der Waals surface area contributed by atoms with E-state index in [9.17, 15) is 15.0 Å². The summed E-state index contributed by atoms with van der Waals surface area (Å²) in [4.78, 5) is 12.3. The highest BCUT2D eigenvalue weighted by Gasteiger charge is 2.58. The molecule has 4 saturated carbocycles. The lowest BCUT2D eigenvalue weighted by Gasteiger charge is -2.56. The number of fused-ring (bicyclic) bond motifs is 5. The molecule has 2 N–H and O–H groups in total. The van der Waals surface area contributed by atoms with Gasteiger partial charge < -0.3 is 14.9 Å². The van der Waals surface area contributed by atoms with Crippen LogP contribution in [0.25, 0.3) is 0 Å². The SMILES string of the molecule is CO[C@@]1(O)CC[C@H]2[C@@H](CCC3[C@@H]2CC[C@]2(C)[C@@H](C(=O)CO)CC[C@@H]32)C1. The molecule has 0 spiro atoms. The van der Waals surface area contributed by atoms with Gasteiger partial charge in [0, 0.05) is 25.9 Å². The first-order chi connectivity index (χ1) is 11.9. The second kappa shape index (κ2) is 6.31. The van der Waals surface area contributed by atoms with E-state index >= 15 is 0 Å². The Morgan fingerprint density at radius 2 is 1.80 bits per heavy atom. The first-order valence-corrected chi connectivity index (χ1v) is 10.3.